The van der Waals surface area contributed by atoms with E-state index in [-0.39, 0.29) is 38.5 Å². The molecule has 0 fully saturated rings. The van der Waals surface area contributed by atoms with Gasteiger partial charge in [0.1, 0.15) is 10.6 Å². The van der Waals surface area contributed by atoms with Crippen molar-refractivity contribution in [3.05, 3.63) is 52.0 Å². The highest BCUT2D eigenvalue weighted by Crippen LogP contribution is 2.30. The van der Waals surface area contributed by atoms with Gasteiger partial charge in [0.05, 0.1) is 30.0 Å². The molecule has 0 aliphatic heterocycles. The van der Waals surface area contributed by atoms with Crippen LogP contribution in [-0.4, -0.2) is 28.1 Å². The second-order valence-electron chi connectivity index (χ2n) is 4.82. The lowest BCUT2D eigenvalue weighted by Gasteiger charge is -2.13. The third-order valence-electron chi connectivity index (χ3n) is 3.13. The fourth-order valence-corrected chi connectivity index (χ4v) is 3.76. The number of ether oxygens (including phenoxy) is 2. The van der Waals surface area contributed by atoms with Gasteiger partial charge in [0.25, 0.3) is 10.0 Å². The molecule has 0 spiro atoms. The standard InChI is InChI=1S/C16H15Cl2NO5S/c1-3-24-16(20)12-6-5-11(9-13(12)18)19-25(21,22)15-8-10(17)4-7-14(15)23-2/h4-9,19H,3H2,1-2H3. The van der Waals surface area contributed by atoms with Gasteiger partial charge in [-0.15, -0.1) is 0 Å². The number of carbonyl (C=O) groups excluding carboxylic acids is 1. The highest BCUT2D eigenvalue weighted by atomic mass is 35.5. The van der Waals surface area contributed by atoms with Gasteiger partial charge < -0.3 is 9.47 Å². The number of halogens is 2. The monoisotopic (exact) mass is 403 g/mol. The summed E-state index contributed by atoms with van der Waals surface area (Å²) in [6, 6.07) is 8.36. The molecule has 6 nitrogen and oxygen atoms in total. The van der Waals surface area contributed by atoms with Crippen LogP contribution in [0, 0.1) is 0 Å². The van der Waals surface area contributed by atoms with Crippen molar-refractivity contribution in [1.82, 2.24) is 0 Å². The summed E-state index contributed by atoms with van der Waals surface area (Å²) in [5.74, 6) is -0.440. The van der Waals surface area contributed by atoms with E-state index >= 15 is 0 Å². The molecule has 1 N–H and O–H groups in total. The van der Waals surface area contributed by atoms with Crippen molar-refractivity contribution in [3.8, 4) is 5.75 Å². The van der Waals surface area contributed by atoms with Gasteiger partial charge >= 0.3 is 5.97 Å². The Morgan fingerprint density at radius 3 is 2.48 bits per heavy atom. The summed E-state index contributed by atoms with van der Waals surface area (Å²) in [5.41, 5.74) is 0.326. The summed E-state index contributed by atoms with van der Waals surface area (Å²) in [6.07, 6.45) is 0. The van der Waals surface area contributed by atoms with E-state index in [0.717, 1.165) is 0 Å². The van der Waals surface area contributed by atoms with Crippen molar-refractivity contribution < 1.29 is 22.7 Å². The van der Waals surface area contributed by atoms with Gasteiger partial charge in [0, 0.05) is 5.02 Å². The third-order valence-corrected chi connectivity index (χ3v) is 5.08. The fraction of sp³-hybridized carbons (Fsp3) is 0.188. The molecule has 0 aliphatic carbocycles. The van der Waals surface area contributed by atoms with Gasteiger partial charge in [0.15, 0.2) is 0 Å². The van der Waals surface area contributed by atoms with E-state index in [1.165, 1.54) is 43.5 Å². The van der Waals surface area contributed by atoms with Crippen molar-refractivity contribution >= 4 is 44.9 Å². The molecule has 0 radical (unpaired) electrons. The zero-order valence-corrected chi connectivity index (χ0v) is 15.7. The lowest BCUT2D eigenvalue weighted by molar-refractivity contribution is 0.0526. The zero-order chi connectivity index (χ0) is 18.6. The number of rotatable bonds is 6. The molecule has 0 aliphatic rings. The summed E-state index contributed by atoms with van der Waals surface area (Å²) in [4.78, 5) is 11.6. The van der Waals surface area contributed by atoms with Crippen LogP contribution in [-0.2, 0) is 14.8 Å². The summed E-state index contributed by atoms with van der Waals surface area (Å²) in [5, 5.41) is 0.313. The van der Waals surface area contributed by atoms with Crippen LogP contribution in [0.4, 0.5) is 5.69 Å². The normalized spacial score (nSPS) is 11.0. The molecule has 2 aromatic carbocycles. The lowest BCUT2D eigenvalue weighted by Crippen LogP contribution is -2.14. The summed E-state index contributed by atoms with van der Waals surface area (Å²) in [7, 11) is -2.62. The van der Waals surface area contributed by atoms with Crippen LogP contribution in [0.1, 0.15) is 17.3 Å². The molecule has 0 saturated heterocycles. The van der Waals surface area contributed by atoms with Gasteiger partial charge in [-0.05, 0) is 43.3 Å². The number of methoxy groups -OCH3 is 1. The molecular weight excluding hydrogens is 389 g/mol. The van der Waals surface area contributed by atoms with Crippen LogP contribution in [0.25, 0.3) is 0 Å². The molecular formula is C16H15Cl2NO5S. The van der Waals surface area contributed by atoms with Gasteiger partial charge in [-0.25, -0.2) is 13.2 Å². The Labute approximate surface area is 155 Å². The smallest absolute Gasteiger partial charge is 0.339 e. The number of hydrogen-bond donors (Lipinski definition) is 1. The van der Waals surface area contributed by atoms with E-state index in [1.807, 2.05) is 0 Å². The first-order chi connectivity index (χ1) is 11.8. The number of esters is 1. The Hall–Kier alpha value is -1.96. The number of nitrogens with one attached hydrogen (secondary N) is 1. The first-order valence-corrected chi connectivity index (χ1v) is 9.35. The Morgan fingerprint density at radius 1 is 1.16 bits per heavy atom. The van der Waals surface area contributed by atoms with Crippen molar-refractivity contribution in [2.24, 2.45) is 0 Å². The lowest BCUT2D eigenvalue weighted by atomic mass is 10.2. The van der Waals surface area contributed by atoms with E-state index < -0.39 is 16.0 Å². The van der Waals surface area contributed by atoms with Gasteiger partial charge in [-0.1, -0.05) is 23.2 Å². The highest BCUT2D eigenvalue weighted by Gasteiger charge is 2.21. The van der Waals surface area contributed by atoms with E-state index in [2.05, 4.69) is 4.72 Å². The van der Waals surface area contributed by atoms with Crippen LogP contribution >= 0.6 is 23.2 Å². The van der Waals surface area contributed by atoms with Gasteiger partial charge in [-0.2, -0.15) is 0 Å². The van der Waals surface area contributed by atoms with Crippen molar-refractivity contribution in [2.75, 3.05) is 18.4 Å². The molecule has 0 unspecified atom stereocenters. The fourth-order valence-electron chi connectivity index (χ4n) is 2.02. The quantitative estimate of drug-likeness (QED) is 0.737. The molecule has 2 aromatic rings. The van der Waals surface area contributed by atoms with Crippen LogP contribution in [0.2, 0.25) is 10.0 Å². The molecule has 0 atom stereocenters. The van der Waals surface area contributed by atoms with Crippen molar-refractivity contribution in [3.63, 3.8) is 0 Å². The average molecular weight is 404 g/mol. The molecule has 0 aromatic heterocycles. The highest BCUT2D eigenvalue weighted by molar-refractivity contribution is 7.92. The van der Waals surface area contributed by atoms with E-state index in [4.69, 9.17) is 32.7 Å². The minimum absolute atomic E-state index is 0.0664. The first-order valence-electron chi connectivity index (χ1n) is 7.11. The molecule has 0 saturated carbocycles. The van der Waals surface area contributed by atoms with Crippen LogP contribution < -0.4 is 9.46 Å². The Balaban J connectivity index is 2.34. The minimum atomic E-state index is -3.97. The number of benzene rings is 2. The number of carbonyl (C=O) groups is 1. The maximum Gasteiger partial charge on any atom is 0.339 e. The summed E-state index contributed by atoms with van der Waals surface area (Å²) < 4.78 is 37.5. The molecule has 2 rings (SSSR count). The number of anilines is 1. The van der Waals surface area contributed by atoms with E-state index in [0.29, 0.717) is 0 Å². The third kappa shape index (κ3) is 4.56. The maximum absolute atomic E-state index is 12.6. The Kier molecular flexibility index (Phi) is 6.16. The molecule has 0 amide bonds. The van der Waals surface area contributed by atoms with Crippen molar-refractivity contribution in [2.45, 2.75) is 11.8 Å². The van der Waals surface area contributed by atoms with Crippen LogP contribution in [0.5, 0.6) is 5.75 Å². The molecule has 9 heteroatoms. The van der Waals surface area contributed by atoms with Crippen LogP contribution in [0.15, 0.2) is 41.3 Å². The van der Waals surface area contributed by atoms with Gasteiger partial charge in [-0.3, -0.25) is 4.72 Å². The summed E-state index contributed by atoms with van der Waals surface area (Å²) >= 11 is 11.9. The SMILES string of the molecule is CCOC(=O)c1ccc(NS(=O)(=O)c2cc(Cl)ccc2OC)cc1Cl. The number of sulfonamides is 1. The minimum Gasteiger partial charge on any atom is -0.495 e. The largest absolute Gasteiger partial charge is 0.495 e. The molecule has 0 bridgehead atoms. The topological polar surface area (TPSA) is 81.7 Å². The zero-order valence-electron chi connectivity index (χ0n) is 13.4. The van der Waals surface area contributed by atoms with Gasteiger partial charge in [0.2, 0.25) is 0 Å². The van der Waals surface area contributed by atoms with Crippen molar-refractivity contribution in [1.29, 1.82) is 0 Å². The Bertz CT molecular complexity index is 899. The second kappa shape index (κ2) is 7.95. The molecule has 25 heavy (non-hydrogen) atoms. The second-order valence-corrected chi connectivity index (χ2v) is 7.31. The summed E-state index contributed by atoms with van der Waals surface area (Å²) in [6.45, 7) is 1.88. The molecule has 0 heterocycles. The van der Waals surface area contributed by atoms with E-state index in [1.54, 1.807) is 6.92 Å². The van der Waals surface area contributed by atoms with Crippen LogP contribution in [0.3, 0.4) is 0 Å². The molecule has 134 valence electrons. The average Bonchev–Trinajstić information content (AvgIpc) is 2.54. The maximum atomic E-state index is 12.6. The predicted octanol–water partition coefficient (Wildman–Crippen LogP) is 3.98. The first kappa shape index (κ1) is 19.4. The Morgan fingerprint density at radius 2 is 1.88 bits per heavy atom. The predicted molar refractivity (Wildman–Crippen MR) is 96.2 cm³/mol. The number of hydrogen-bond acceptors (Lipinski definition) is 5. The van der Waals surface area contributed by atoms with E-state index in [9.17, 15) is 13.2 Å².